The van der Waals surface area contributed by atoms with Crippen LogP contribution in [0.1, 0.15) is 20.8 Å². The summed E-state index contributed by atoms with van der Waals surface area (Å²) in [6, 6.07) is 16.4. The molecule has 0 heterocycles. The molecule has 5 nitrogen and oxygen atoms in total. The SMILES string of the molecule is CCN(Nc1ccc([N+](CC)(CC)CCO)cc1)c1ccc(N)cc1. The number of anilines is 3. The molecule has 0 radical (unpaired) electrons. The first-order valence-corrected chi connectivity index (χ1v) is 9.05. The zero-order valence-electron chi connectivity index (χ0n) is 15.6. The van der Waals surface area contributed by atoms with E-state index in [0.717, 1.165) is 47.7 Å². The number of hydrazine groups is 1. The second-order valence-corrected chi connectivity index (χ2v) is 6.22. The Morgan fingerprint density at radius 2 is 1.56 bits per heavy atom. The van der Waals surface area contributed by atoms with Crippen LogP contribution in [0, 0.1) is 0 Å². The fourth-order valence-electron chi connectivity index (χ4n) is 3.21. The fourth-order valence-corrected chi connectivity index (χ4v) is 3.21. The summed E-state index contributed by atoms with van der Waals surface area (Å²) in [5.41, 5.74) is 13.3. The lowest BCUT2D eigenvalue weighted by atomic mass is 10.2. The van der Waals surface area contributed by atoms with E-state index in [1.807, 2.05) is 24.3 Å². The van der Waals surface area contributed by atoms with Gasteiger partial charge in [-0.05, 0) is 57.2 Å². The van der Waals surface area contributed by atoms with E-state index in [0.29, 0.717) is 0 Å². The van der Waals surface area contributed by atoms with Gasteiger partial charge in [0.25, 0.3) is 0 Å². The number of nitrogens with two attached hydrogens (primary N) is 1. The molecule has 0 saturated carbocycles. The number of hydrogen-bond donors (Lipinski definition) is 3. The Hall–Kier alpha value is -2.24. The van der Waals surface area contributed by atoms with Gasteiger partial charge in [-0.25, -0.2) is 0 Å². The number of hydrogen-bond acceptors (Lipinski definition) is 4. The summed E-state index contributed by atoms with van der Waals surface area (Å²) >= 11 is 0. The van der Waals surface area contributed by atoms with Crippen molar-refractivity contribution in [2.75, 3.05) is 49.0 Å². The average Bonchev–Trinajstić information content (AvgIpc) is 2.66. The van der Waals surface area contributed by atoms with Crippen molar-refractivity contribution in [3.63, 3.8) is 0 Å². The lowest BCUT2D eigenvalue weighted by Gasteiger charge is -2.36. The summed E-state index contributed by atoms with van der Waals surface area (Å²) in [7, 11) is 0. The number of aliphatic hydroxyl groups excluding tert-OH is 1. The molecule has 0 saturated heterocycles. The van der Waals surface area contributed by atoms with Crippen LogP contribution >= 0.6 is 0 Å². The highest BCUT2D eigenvalue weighted by atomic mass is 16.3. The van der Waals surface area contributed by atoms with Crippen LogP contribution < -0.4 is 20.7 Å². The number of rotatable bonds is 9. The highest BCUT2D eigenvalue weighted by Gasteiger charge is 2.25. The van der Waals surface area contributed by atoms with Crippen LogP contribution in [0.25, 0.3) is 0 Å². The molecule has 0 unspecified atom stereocenters. The molecule has 25 heavy (non-hydrogen) atoms. The highest BCUT2D eigenvalue weighted by Crippen LogP contribution is 2.26. The van der Waals surface area contributed by atoms with Gasteiger partial charge in [-0.2, -0.15) is 0 Å². The van der Waals surface area contributed by atoms with Crippen LogP contribution in [0.5, 0.6) is 0 Å². The van der Waals surface area contributed by atoms with Gasteiger partial charge >= 0.3 is 0 Å². The molecular formula is C20H31N4O+. The highest BCUT2D eigenvalue weighted by molar-refractivity contribution is 5.60. The second kappa shape index (κ2) is 8.74. The number of nitrogen functional groups attached to an aromatic ring is 1. The van der Waals surface area contributed by atoms with Gasteiger partial charge in [-0.1, -0.05) is 0 Å². The molecular weight excluding hydrogens is 312 g/mol. The third-order valence-electron chi connectivity index (χ3n) is 4.94. The monoisotopic (exact) mass is 343 g/mol. The van der Waals surface area contributed by atoms with Gasteiger partial charge in [0.15, 0.2) is 0 Å². The quantitative estimate of drug-likeness (QED) is 0.371. The first-order chi connectivity index (χ1) is 12.1. The zero-order chi connectivity index (χ0) is 18.3. The minimum absolute atomic E-state index is 0.197. The van der Waals surface area contributed by atoms with E-state index in [1.54, 1.807) is 0 Å². The van der Waals surface area contributed by atoms with E-state index in [-0.39, 0.29) is 6.61 Å². The molecule has 0 aromatic heterocycles. The third-order valence-corrected chi connectivity index (χ3v) is 4.94. The summed E-state index contributed by atoms with van der Waals surface area (Å²) in [5, 5.41) is 11.5. The normalized spacial score (nSPS) is 11.4. The summed E-state index contributed by atoms with van der Waals surface area (Å²) in [5.74, 6) is 0. The predicted octanol–water partition coefficient (Wildman–Crippen LogP) is 3.46. The van der Waals surface area contributed by atoms with Crippen molar-refractivity contribution in [2.24, 2.45) is 0 Å². The Balaban J connectivity index is 2.17. The van der Waals surface area contributed by atoms with E-state index < -0.39 is 0 Å². The molecule has 136 valence electrons. The molecule has 2 rings (SSSR count). The van der Waals surface area contributed by atoms with E-state index in [1.165, 1.54) is 5.69 Å². The number of quaternary nitrogens is 1. The lowest BCUT2D eigenvalue weighted by molar-refractivity contribution is 0.209. The minimum atomic E-state index is 0.197. The summed E-state index contributed by atoms with van der Waals surface area (Å²) in [6.07, 6.45) is 0. The van der Waals surface area contributed by atoms with Crippen LogP contribution in [-0.2, 0) is 0 Å². The molecule has 0 aliphatic carbocycles. The third kappa shape index (κ3) is 4.44. The molecule has 4 N–H and O–H groups in total. The van der Waals surface area contributed by atoms with Crippen molar-refractivity contribution in [2.45, 2.75) is 20.8 Å². The standard InChI is InChI=1S/C20H31N4O/c1-4-23(19-11-7-17(21)8-12-19)22-18-9-13-20(14-10-18)24(5-2,6-3)15-16-25/h7-14,22,25H,4-6,15-16,21H2,1-3H3/q+1. The van der Waals surface area contributed by atoms with Crippen molar-refractivity contribution >= 4 is 22.7 Å². The maximum Gasteiger partial charge on any atom is 0.133 e. The molecule has 5 heteroatoms. The summed E-state index contributed by atoms with van der Waals surface area (Å²) in [6.45, 7) is 10.2. The molecule has 2 aromatic rings. The number of aliphatic hydroxyl groups is 1. The van der Waals surface area contributed by atoms with Crippen LogP contribution in [0.3, 0.4) is 0 Å². The maximum atomic E-state index is 9.43. The van der Waals surface area contributed by atoms with Crippen molar-refractivity contribution in [1.82, 2.24) is 4.48 Å². The van der Waals surface area contributed by atoms with Crippen LogP contribution in [-0.4, -0.2) is 37.9 Å². The Morgan fingerprint density at radius 1 is 0.960 bits per heavy atom. The molecule has 0 fully saturated rings. The molecule has 0 spiro atoms. The van der Waals surface area contributed by atoms with Crippen LogP contribution in [0.4, 0.5) is 22.7 Å². The van der Waals surface area contributed by atoms with Gasteiger partial charge in [-0.15, -0.1) is 0 Å². The zero-order valence-corrected chi connectivity index (χ0v) is 15.6. The number of likely N-dealkylation sites (N-methyl/N-ethyl adjacent to an activating group) is 1. The topological polar surface area (TPSA) is 61.5 Å². The lowest BCUT2D eigenvalue weighted by Crippen LogP contribution is -2.50. The van der Waals surface area contributed by atoms with E-state index in [2.05, 4.69) is 55.5 Å². The van der Waals surface area contributed by atoms with Gasteiger partial charge in [0.1, 0.15) is 12.2 Å². The molecule has 0 bridgehead atoms. The largest absolute Gasteiger partial charge is 0.399 e. The van der Waals surface area contributed by atoms with Crippen molar-refractivity contribution in [3.8, 4) is 0 Å². The number of nitrogens with one attached hydrogen (secondary N) is 1. The minimum Gasteiger partial charge on any atom is -0.399 e. The van der Waals surface area contributed by atoms with Gasteiger partial charge in [-0.3, -0.25) is 14.9 Å². The number of benzene rings is 2. The van der Waals surface area contributed by atoms with Gasteiger partial charge in [0.2, 0.25) is 0 Å². The summed E-state index contributed by atoms with van der Waals surface area (Å²) < 4.78 is 0.798. The van der Waals surface area contributed by atoms with Gasteiger partial charge < -0.3 is 10.8 Å². The smallest absolute Gasteiger partial charge is 0.133 e. The Kier molecular flexibility index (Phi) is 6.67. The number of nitrogens with zero attached hydrogens (tertiary/aromatic N) is 2. The Bertz CT molecular complexity index is 636. The first-order valence-electron chi connectivity index (χ1n) is 9.05. The van der Waals surface area contributed by atoms with Crippen molar-refractivity contribution in [3.05, 3.63) is 48.5 Å². The van der Waals surface area contributed by atoms with E-state index >= 15 is 0 Å². The molecule has 0 aliphatic rings. The summed E-state index contributed by atoms with van der Waals surface area (Å²) in [4.78, 5) is 0. The van der Waals surface area contributed by atoms with Crippen LogP contribution in [0.2, 0.25) is 0 Å². The van der Waals surface area contributed by atoms with Gasteiger partial charge in [0, 0.05) is 24.4 Å². The Labute approximate surface area is 151 Å². The van der Waals surface area contributed by atoms with E-state index in [9.17, 15) is 5.11 Å². The Morgan fingerprint density at radius 3 is 2.04 bits per heavy atom. The predicted molar refractivity (Wildman–Crippen MR) is 109 cm³/mol. The van der Waals surface area contributed by atoms with Gasteiger partial charge in [0.05, 0.1) is 31.1 Å². The van der Waals surface area contributed by atoms with Crippen molar-refractivity contribution in [1.29, 1.82) is 0 Å². The maximum absolute atomic E-state index is 9.43. The average molecular weight is 343 g/mol. The molecule has 2 aromatic carbocycles. The fraction of sp³-hybridized carbons (Fsp3) is 0.400. The van der Waals surface area contributed by atoms with Crippen LogP contribution in [0.15, 0.2) is 48.5 Å². The first kappa shape index (κ1) is 19.1. The van der Waals surface area contributed by atoms with Crippen molar-refractivity contribution < 1.29 is 5.11 Å². The second-order valence-electron chi connectivity index (χ2n) is 6.22. The van der Waals surface area contributed by atoms with E-state index in [4.69, 9.17) is 5.73 Å². The molecule has 0 atom stereocenters. The molecule has 0 aliphatic heterocycles. The molecule has 0 amide bonds.